The molecule has 168 valence electrons. The van der Waals surface area contributed by atoms with Crippen LogP contribution in [-0.2, 0) is 9.59 Å². The summed E-state index contributed by atoms with van der Waals surface area (Å²) in [6, 6.07) is 6.21. The molecule has 1 saturated heterocycles. The van der Waals surface area contributed by atoms with E-state index in [4.69, 9.17) is 4.74 Å². The Morgan fingerprint density at radius 1 is 1.03 bits per heavy atom. The molecule has 0 atom stereocenters. The fourth-order valence-electron chi connectivity index (χ4n) is 7.19. The fraction of sp³-hybridized carbons (Fsp3) is 0.692. The number of amides is 2. The summed E-state index contributed by atoms with van der Waals surface area (Å²) in [6.07, 6.45) is 9.08. The van der Waals surface area contributed by atoms with Gasteiger partial charge in [0.05, 0.1) is 0 Å². The Hall–Kier alpha value is -2.04. The van der Waals surface area contributed by atoms with Crippen LogP contribution in [0.2, 0.25) is 0 Å². The SMILES string of the molecule is Cc1ccc(OCC(=O)N2CCC(NC(=O)C34CC5CC(CC(C5)C3)C4)CC2)c(C)c1. The zero-order valence-corrected chi connectivity index (χ0v) is 19.0. The van der Waals surface area contributed by atoms with E-state index in [1.54, 1.807) is 0 Å². The molecule has 4 saturated carbocycles. The van der Waals surface area contributed by atoms with Crippen LogP contribution in [0.5, 0.6) is 5.75 Å². The summed E-state index contributed by atoms with van der Waals surface area (Å²) in [5, 5.41) is 3.40. The van der Waals surface area contributed by atoms with Gasteiger partial charge >= 0.3 is 0 Å². The number of nitrogens with one attached hydrogen (secondary N) is 1. The summed E-state index contributed by atoms with van der Waals surface area (Å²) in [7, 11) is 0. The third kappa shape index (κ3) is 4.20. The van der Waals surface area contributed by atoms with E-state index in [-0.39, 0.29) is 24.0 Å². The number of carbonyl (C=O) groups is 2. The van der Waals surface area contributed by atoms with Gasteiger partial charge in [0.25, 0.3) is 5.91 Å². The van der Waals surface area contributed by atoms with Crippen LogP contribution in [0.3, 0.4) is 0 Å². The van der Waals surface area contributed by atoms with Gasteiger partial charge in [-0.15, -0.1) is 0 Å². The van der Waals surface area contributed by atoms with Gasteiger partial charge in [-0.05, 0) is 94.6 Å². The van der Waals surface area contributed by atoms with Crippen molar-refractivity contribution in [2.24, 2.45) is 23.2 Å². The topological polar surface area (TPSA) is 58.6 Å². The number of likely N-dealkylation sites (tertiary alicyclic amines) is 1. The Balaban J connectivity index is 1.10. The van der Waals surface area contributed by atoms with Gasteiger partial charge in [-0.25, -0.2) is 0 Å². The zero-order valence-electron chi connectivity index (χ0n) is 19.0. The second-order valence-electron chi connectivity index (χ2n) is 10.9. The van der Waals surface area contributed by atoms with Crippen LogP contribution in [-0.4, -0.2) is 42.5 Å². The number of ether oxygens (including phenoxy) is 1. The van der Waals surface area contributed by atoms with Gasteiger partial charge in [-0.2, -0.15) is 0 Å². The molecular formula is C26H36N2O3. The van der Waals surface area contributed by atoms with E-state index >= 15 is 0 Å². The molecule has 5 aliphatic rings. The predicted molar refractivity (Wildman–Crippen MR) is 120 cm³/mol. The lowest BCUT2D eigenvalue weighted by molar-refractivity contribution is -0.147. The van der Waals surface area contributed by atoms with Crippen molar-refractivity contribution < 1.29 is 14.3 Å². The van der Waals surface area contributed by atoms with Crippen LogP contribution >= 0.6 is 0 Å². The van der Waals surface area contributed by atoms with E-state index < -0.39 is 0 Å². The Morgan fingerprint density at radius 3 is 2.23 bits per heavy atom. The number of rotatable bonds is 5. The average Bonchev–Trinajstić information content (AvgIpc) is 2.72. The summed E-state index contributed by atoms with van der Waals surface area (Å²) in [5.74, 6) is 3.48. The highest BCUT2D eigenvalue weighted by molar-refractivity contribution is 5.83. The van der Waals surface area contributed by atoms with Crippen LogP contribution in [0.4, 0.5) is 0 Å². The molecule has 5 nitrogen and oxygen atoms in total. The molecule has 0 radical (unpaired) electrons. The molecule has 1 heterocycles. The molecule has 0 spiro atoms. The van der Waals surface area contributed by atoms with Gasteiger partial charge in [-0.1, -0.05) is 17.7 Å². The highest BCUT2D eigenvalue weighted by Crippen LogP contribution is 2.60. The zero-order chi connectivity index (χ0) is 21.6. The van der Waals surface area contributed by atoms with Gasteiger partial charge < -0.3 is 15.0 Å². The highest BCUT2D eigenvalue weighted by atomic mass is 16.5. The van der Waals surface area contributed by atoms with Crippen molar-refractivity contribution in [2.75, 3.05) is 19.7 Å². The first-order chi connectivity index (χ1) is 14.9. The number of benzene rings is 1. The maximum Gasteiger partial charge on any atom is 0.260 e. The van der Waals surface area contributed by atoms with Crippen molar-refractivity contribution in [3.63, 3.8) is 0 Å². The van der Waals surface area contributed by atoms with Gasteiger partial charge in [0.1, 0.15) is 5.75 Å². The van der Waals surface area contributed by atoms with E-state index in [1.807, 2.05) is 30.9 Å². The molecule has 2 amide bonds. The normalized spacial score (nSPS) is 32.2. The van der Waals surface area contributed by atoms with Crippen molar-refractivity contribution in [3.8, 4) is 5.75 Å². The van der Waals surface area contributed by atoms with E-state index in [0.717, 1.165) is 61.2 Å². The molecule has 1 aromatic rings. The molecule has 5 fully saturated rings. The lowest BCUT2D eigenvalue weighted by Gasteiger charge is -2.56. The summed E-state index contributed by atoms with van der Waals surface area (Å²) < 4.78 is 5.77. The maximum absolute atomic E-state index is 13.3. The molecule has 31 heavy (non-hydrogen) atoms. The molecule has 1 aliphatic heterocycles. The summed E-state index contributed by atoms with van der Waals surface area (Å²) in [5.41, 5.74) is 2.16. The molecular weight excluding hydrogens is 388 g/mol. The summed E-state index contributed by atoms with van der Waals surface area (Å²) >= 11 is 0. The summed E-state index contributed by atoms with van der Waals surface area (Å²) in [6.45, 7) is 5.52. The van der Waals surface area contributed by atoms with Crippen LogP contribution in [0.25, 0.3) is 0 Å². The largest absolute Gasteiger partial charge is 0.484 e. The minimum Gasteiger partial charge on any atom is -0.484 e. The van der Waals surface area contributed by atoms with Crippen LogP contribution in [0, 0.1) is 37.0 Å². The number of hydrogen-bond donors (Lipinski definition) is 1. The van der Waals surface area contributed by atoms with Crippen molar-refractivity contribution in [1.82, 2.24) is 10.2 Å². The molecule has 4 aliphatic carbocycles. The number of piperidine rings is 1. The molecule has 0 aromatic heterocycles. The molecule has 0 unspecified atom stereocenters. The molecule has 1 N–H and O–H groups in total. The molecule has 6 rings (SSSR count). The van der Waals surface area contributed by atoms with Crippen molar-refractivity contribution in [1.29, 1.82) is 0 Å². The second kappa shape index (κ2) is 8.14. The predicted octanol–water partition coefficient (Wildman–Crippen LogP) is 4.01. The Labute approximate surface area is 185 Å². The van der Waals surface area contributed by atoms with Crippen LogP contribution in [0.15, 0.2) is 18.2 Å². The molecule has 1 aromatic carbocycles. The van der Waals surface area contributed by atoms with Crippen molar-refractivity contribution >= 4 is 11.8 Å². The van der Waals surface area contributed by atoms with E-state index in [9.17, 15) is 9.59 Å². The van der Waals surface area contributed by atoms with Crippen molar-refractivity contribution in [2.45, 2.75) is 71.3 Å². The smallest absolute Gasteiger partial charge is 0.260 e. The Kier molecular flexibility index (Phi) is 5.47. The third-order valence-corrected chi connectivity index (χ3v) is 8.38. The minimum absolute atomic E-state index is 0.0332. The van der Waals surface area contributed by atoms with Crippen molar-refractivity contribution in [3.05, 3.63) is 29.3 Å². The van der Waals surface area contributed by atoms with Gasteiger partial charge in [-0.3, -0.25) is 9.59 Å². The lowest BCUT2D eigenvalue weighted by Crippen LogP contribution is -2.56. The van der Waals surface area contributed by atoms with Crippen LogP contribution in [0.1, 0.15) is 62.5 Å². The molecule has 5 heteroatoms. The Bertz CT molecular complexity index is 821. The minimum atomic E-state index is -0.0819. The maximum atomic E-state index is 13.3. The van der Waals surface area contributed by atoms with Crippen LogP contribution < -0.4 is 10.1 Å². The number of nitrogens with zero attached hydrogens (tertiary/aromatic N) is 1. The van der Waals surface area contributed by atoms with E-state index in [1.165, 1.54) is 24.8 Å². The van der Waals surface area contributed by atoms with Gasteiger partial charge in [0, 0.05) is 24.5 Å². The van der Waals surface area contributed by atoms with Gasteiger partial charge in [0.15, 0.2) is 6.61 Å². The standard InChI is InChI=1S/C26H36N2O3/c1-17-3-4-23(18(2)9-17)31-16-24(29)28-7-5-22(6-8-28)27-25(30)26-13-19-10-20(14-26)12-21(11-19)15-26/h3-4,9,19-22H,5-8,10-16H2,1-2H3,(H,27,30). The monoisotopic (exact) mass is 424 g/mol. The fourth-order valence-corrected chi connectivity index (χ4v) is 7.19. The first-order valence-electron chi connectivity index (χ1n) is 12.2. The first-order valence-corrected chi connectivity index (χ1v) is 12.2. The third-order valence-electron chi connectivity index (χ3n) is 8.38. The number of hydrogen-bond acceptors (Lipinski definition) is 3. The van der Waals surface area contributed by atoms with Gasteiger partial charge in [0.2, 0.25) is 5.91 Å². The van der Waals surface area contributed by atoms with E-state index in [2.05, 4.69) is 11.4 Å². The van der Waals surface area contributed by atoms with E-state index in [0.29, 0.717) is 19.0 Å². The summed E-state index contributed by atoms with van der Waals surface area (Å²) in [4.78, 5) is 27.8. The average molecular weight is 425 g/mol. The molecule has 4 bridgehead atoms. The quantitative estimate of drug-likeness (QED) is 0.777. The Morgan fingerprint density at radius 2 is 1.65 bits per heavy atom. The second-order valence-corrected chi connectivity index (χ2v) is 10.9. The highest BCUT2D eigenvalue weighted by Gasteiger charge is 2.54. The number of aryl methyl sites for hydroxylation is 2. The first kappa shape index (κ1) is 20.8. The number of carbonyl (C=O) groups excluding carboxylic acids is 2. The lowest BCUT2D eigenvalue weighted by atomic mass is 9.49.